The molecule has 1 aliphatic rings. The molecule has 2 heterocycles. The van der Waals surface area contributed by atoms with Gasteiger partial charge in [0.05, 0.1) is 7.11 Å². The molecule has 0 radical (unpaired) electrons. The standard InChI is InChI=1S/C11H16N2O4S2.ClH/c1-17-11(14)10-9(4-6-18-10)19(15,16)13-5-2-3-8(12)7-13;/h4,6,8H,2-3,5,7,12H2,1H3;1H/t8-;/m1./s1. The van der Waals surface area contributed by atoms with Crippen LogP contribution in [-0.2, 0) is 14.8 Å². The number of esters is 1. The highest BCUT2D eigenvalue weighted by Gasteiger charge is 2.33. The second-order valence-corrected chi connectivity index (χ2v) is 7.19. The molecule has 1 aromatic heterocycles. The van der Waals surface area contributed by atoms with Gasteiger partial charge in [-0.3, -0.25) is 0 Å². The largest absolute Gasteiger partial charge is 0.465 e. The molecule has 2 N–H and O–H groups in total. The molecule has 1 atom stereocenters. The van der Waals surface area contributed by atoms with Crippen molar-refractivity contribution in [3.8, 4) is 0 Å². The maximum absolute atomic E-state index is 12.5. The Labute approximate surface area is 128 Å². The van der Waals surface area contributed by atoms with Crippen LogP contribution in [0.3, 0.4) is 0 Å². The predicted molar refractivity (Wildman–Crippen MR) is 78.9 cm³/mol. The lowest BCUT2D eigenvalue weighted by Crippen LogP contribution is -2.45. The van der Waals surface area contributed by atoms with E-state index in [4.69, 9.17) is 5.73 Å². The van der Waals surface area contributed by atoms with Gasteiger partial charge in [-0.2, -0.15) is 4.31 Å². The van der Waals surface area contributed by atoms with Gasteiger partial charge in [-0.1, -0.05) is 0 Å². The van der Waals surface area contributed by atoms with E-state index < -0.39 is 16.0 Å². The minimum absolute atomic E-state index is 0. The average Bonchev–Trinajstić information content (AvgIpc) is 2.87. The van der Waals surface area contributed by atoms with Crippen molar-refractivity contribution in [2.24, 2.45) is 5.73 Å². The van der Waals surface area contributed by atoms with Gasteiger partial charge < -0.3 is 10.5 Å². The van der Waals surface area contributed by atoms with Gasteiger partial charge in [0, 0.05) is 19.1 Å². The van der Waals surface area contributed by atoms with E-state index in [1.54, 1.807) is 5.38 Å². The van der Waals surface area contributed by atoms with Crippen molar-refractivity contribution in [3.63, 3.8) is 0 Å². The molecule has 9 heteroatoms. The Morgan fingerprint density at radius 1 is 1.55 bits per heavy atom. The van der Waals surface area contributed by atoms with Crippen LogP contribution in [0.15, 0.2) is 16.3 Å². The Morgan fingerprint density at radius 3 is 2.85 bits per heavy atom. The molecule has 0 unspecified atom stereocenters. The molecular formula is C11H17ClN2O4S2. The molecule has 1 fully saturated rings. The molecule has 1 aliphatic heterocycles. The van der Waals surface area contributed by atoms with E-state index in [0.717, 1.165) is 24.2 Å². The lowest BCUT2D eigenvalue weighted by atomic mass is 10.1. The summed E-state index contributed by atoms with van der Waals surface area (Å²) in [5.74, 6) is -0.630. The van der Waals surface area contributed by atoms with E-state index in [2.05, 4.69) is 4.74 Å². The van der Waals surface area contributed by atoms with Crippen molar-refractivity contribution < 1.29 is 17.9 Å². The van der Waals surface area contributed by atoms with Crippen LogP contribution in [0.4, 0.5) is 0 Å². The van der Waals surface area contributed by atoms with Gasteiger partial charge in [0.1, 0.15) is 9.77 Å². The van der Waals surface area contributed by atoms with E-state index >= 15 is 0 Å². The van der Waals surface area contributed by atoms with Crippen LogP contribution in [0.1, 0.15) is 22.5 Å². The number of ether oxygens (including phenoxy) is 1. The van der Waals surface area contributed by atoms with Gasteiger partial charge in [-0.25, -0.2) is 13.2 Å². The Morgan fingerprint density at radius 2 is 2.25 bits per heavy atom. The maximum atomic E-state index is 12.5. The number of carbonyl (C=O) groups excluding carboxylic acids is 1. The molecule has 1 aromatic rings. The van der Waals surface area contributed by atoms with E-state index in [0.29, 0.717) is 13.1 Å². The minimum atomic E-state index is -3.67. The van der Waals surface area contributed by atoms with E-state index in [1.165, 1.54) is 17.5 Å². The smallest absolute Gasteiger partial charge is 0.349 e. The van der Waals surface area contributed by atoms with E-state index in [9.17, 15) is 13.2 Å². The Balaban J connectivity index is 0.00000200. The van der Waals surface area contributed by atoms with E-state index in [1.807, 2.05) is 0 Å². The third-order valence-electron chi connectivity index (χ3n) is 3.04. The van der Waals surface area contributed by atoms with Crippen molar-refractivity contribution in [3.05, 3.63) is 16.3 Å². The molecular weight excluding hydrogens is 324 g/mol. The Kier molecular flexibility index (Phi) is 5.96. The first kappa shape index (κ1) is 17.4. The number of methoxy groups -OCH3 is 1. The van der Waals surface area contributed by atoms with Crippen molar-refractivity contribution in [1.29, 1.82) is 0 Å². The van der Waals surface area contributed by atoms with Crippen LogP contribution in [0.5, 0.6) is 0 Å². The van der Waals surface area contributed by atoms with Crippen LogP contribution >= 0.6 is 23.7 Å². The highest BCUT2D eigenvalue weighted by atomic mass is 35.5. The third kappa shape index (κ3) is 3.32. The van der Waals surface area contributed by atoms with Crippen molar-refractivity contribution in [1.82, 2.24) is 4.31 Å². The molecule has 20 heavy (non-hydrogen) atoms. The van der Waals surface area contributed by atoms with Crippen molar-refractivity contribution in [2.75, 3.05) is 20.2 Å². The van der Waals surface area contributed by atoms with Gasteiger partial charge >= 0.3 is 5.97 Å². The zero-order valence-corrected chi connectivity index (χ0v) is 13.4. The predicted octanol–water partition coefficient (Wildman–Crippen LogP) is 1.07. The molecule has 0 bridgehead atoms. The summed E-state index contributed by atoms with van der Waals surface area (Å²) in [5, 5.41) is 1.57. The summed E-state index contributed by atoms with van der Waals surface area (Å²) in [5.41, 5.74) is 5.80. The monoisotopic (exact) mass is 340 g/mol. The molecule has 0 spiro atoms. The number of hydrogen-bond acceptors (Lipinski definition) is 6. The lowest BCUT2D eigenvalue weighted by Gasteiger charge is -2.29. The molecule has 0 aromatic carbocycles. The first-order valence-corrected chi connectivity index (χ1v) is 8.20. The van der Waals surface area contributed by atoms with Crippen LogP contribution in [0, 0.1) is 0 Å². The summed E-state index contributed by atoms with van der Waals surface area (Å²) in [6, 6.07) is 1.29. The second-order valence-electron chi connectivity index (χ2n) is 4.37. The van der Waals surface area contributed by atoms with Crippen LogP contribution < -0.4 is 5.73 Å². The highest BCUT2D eigenvalue weighted by Crippen LogP contribution is 2.27. The molecule has 0 aliphatic carbocycles. The maximum Gasteiger partial charge on any atom is 0.349 e. The van der Waals surface area contributed by atoms with Crippen molar-refractivity contribution >= 4 is 39.7 Å². The minimum Gasteiger partial charge on any atom is -0.465 e. The molecule has 6 nitrogen and oxygen atoms in total. The number of hydrogen-bond donors (Lipinski definition) is 1. The Hall–Kier alpha value is -0.670. The summed E-state index contributed by atoms with van der Waals surface area (Å²) >= 11 is 1.06. The summed E-state index contributed by atoms with van der Waals surface area (Å²) in [7, 11) is -2.44. The van der Waals surface area contributed by atoms with Gasteiger partial charge in [-0.05, 0) is 24.3 Å². The highest BCUT2D eigenvalue weighted by molar-refractivity contribution is 7.89. The lowest BCUT2D eigenvalue weighted by molar-refractivity contribution is 0.0602. The first-order valence-electron chi connectivity index (χ1n) is 5.88. The fourth-order valence-corrected chi connectivity index (χ4v) is 4.92. The average molecular weight is 341 g/mol. The number of thiophene rings is 1. The Bertz CT molecular complexity index is 573. The molecule has 114 valence electrons. The van der Waals surface area contributed by atoms with Gasteiger partial charge in [0.25, 0.3) is 0 Å². The van der Waals surface area contributed by atoms with Crippen LogP contribution in [0.25, 0.3) is 0 Å². The molecule has 1 saturated heterocycles. The topological polar surface area (TPSA) is 89.7 Å². The molecule has 0 amide bonds. The number of rotatable bonds is 3. The fourth-order valence-electron chi connectivity index (χ4n) is 2.07. The number of sulfonamides is 1. The third-order valence-corrected chi connectivity index (χ3v) is 5.97. The zero-order valence-electron chi connectivity index (χ0n) is 10.9. The number of nitrogens with two attached hydrogens (primary N) is 1. The first-order chi connectivity index (χ1) is 8.96. The normalized spacial score (nSPS) is 20.2. The van der Waals surface area contributed by atoms with Crippen molar-refractivity contribution in [2.45, 2.75) is 23.8 Å². The van der Waals surface area contributed by atoms with E-state index in [-0.39, 0.29) is 28.2 Å². The van der Waals surface area contributed by atoms with Gasteiger partial charge in [0.15, 0.2) is 0 Å². The van der Waals surface area contributed by atoms with Gasteiger partial charge in [-0.15, -0.1) is 23.7 Å². The number of halogens is 1. The molecule has 2 rings (SSSR count). The fraction of sp³-hybridized carbons (Fsp3) is 0.545. The SMILES string of the molecule is COC(=O)c1sccc1S(=O)(=O)N1CCC[C@@H](N)C1.Cl. The van der Waals surface area contributed by atoms with Gasteiger partial charge in [0.2, 0.25) is 10.0 Å². The quantitative estimate of drug-likeness (QED) is 0.831. The number of piperidine rings is 1. The summed E-state index contributed by atoms with van der Waals surface area (Å²) < 4.78 is 31.0. The second kappa shape index (κ2) is 6.86. The summed E-state index contributed by atoms with van der Waals surface area (Å²) in [6.45, 7) is 0.727. The number of nitrogens with zero attached hydrogens (tertiary/aromatic N) is 1. The van der Waals surface area contributed by atoms with Crippen LogP contribution in [0.2, 0.25) is 0 Å². The summed E-state index contributed by atoms with van der Waals surface area (Å²) in [6.07, 6.45) is 1.55. The number of carbonyl (C=O) groups is 1. The molecule has 0 saturated carbocycles. The zero-order chi connectivity index (χ0) is 14.0. The van der Waals surface area contributed by atoms with Crippen LogP contribution in [-0.4, -0.2) is 44.9 Å². The summed E-state index contributed by atoms with van der Waals surface area (Å²) in [4.78, 5) is 11.7.